The van der Waals surface area contributed by atoms with Crippen LogP contribution in [0.25, 0.3) is 98.7 Å². The fourth-order valence-electron chi connectivity index (χ4n) is 8.21. The molecule has 52 heavy (non-hydrogen) atoms. The van der Waals surface area contributed by atoms with Crippen LogP contribution >= 0.6 is 0 Å². The lowest BCUT2D eigenvalue weighted by molar-refractivity contribution is 1.03. The van der Waals surface area contributed by atoms with Crippen LogP contribution in [0.1, 0.15) is 0 Å². The Bertz CT molecular complexity index is 2860. The van der Waals surface area contributed by atoms with Gasteiger partial charge in [0.1, 0.15) is 0 Å². The average Bonchev–Trinajstić information content (AvgIpc) is 3.22. The maximum atomic E-state index is 4.23. The van der Waals surface area contributed by atoms with Gasteiger partial charge in [0.05, 0.1) is 12.4 Å². The standard InChI is InChI=1S/C50H32N2/c1-3-13-33(14-4-1)37-27-28-45-46(31-37)49(34-15-5-2-6-16-34)42-20-10-7-17-39(42)48(45)36-25-23-35(24-26-36)47-40-18-8-11-21-43(40)50(38-29-30-51-52-32-38)44-22-12-9-19-41(44)47/h1-32H. The van der Waals surface area contributed by atoms with Crippen LogP contribution in [-0.2, 0) is 0 Å². The molecule has 1 aromatic heterocycles. The smallest absolute Gasteiger partial charge is 0.0575 e. The third kappa shape index (κ3) is 4.88. The first-order chi connectivity index (χ1) is 25.8. The summed E-state index contributed by atoms with van der Waals surface area (Å²) >= 11 is 0. The van der Waals surface area contributed by atoms with Gasteiger partial charge < -0.3 is 0 Å². The number of nitrogens with zero attached hydrogens (tertiary/aromatic N) is 2. The van der Waals surface area contributed by atoms with Gasteiger partial charge in [-0.1, -0.05) is 170 Å². The van der Waals surface area contributed by atoms with E-state index in [2.05, 4.69) is 192 Å². The van der Waals surface area contributed by atoms with Crippen molar-refractivity contribution in [2.75, 3.05) is 0 Å². The molecule has 2 nitrogen and oxygen atoms in total. The minimum atomic E-state index is 1.07. The van der Waals surface area contributed by atoms with Crippen molar-refractivity contribution in [3.63, 3.8) is 0 Å². The van der Waals surface area contributed by atoms with E-state index in [0.717, 1.165) is 5.56 Å². The Morgan fingerprint density at radius 1 is 0.231 bits per heavy atom. The molecule has 0 aliphatic heterocycles. The summed E-state index contributed by atoms with van der Waals surface area (Å²) in [6.07, 6.45) is 3.64. The lowest BCUT2D eigenvalue weighted by Crippen LogP contribution is -1.93. The molecule has 0 atom stereocenters. The number of rotatable bonds is 5. The third-order valence-corrected chi connectivity index (χ3v) is 10.5. The largest absolute Gasteiger partial charge is 0.159 e. The van der Waals surface area contributed by atoms with Crippen molar-refractivity contribution in [3.05, 3.63) is 194 Å². The Balaban J connectivity index is 1.21. The molecule has 0 N–H and O–H groups in total. The van der Waals surface area contributed by atoms with E-state index in [4.69, 9.17) is 0 Å². The van der Waals surface area contributed by atoms with Gasteiger partial charge in [-0.15, -0.1) is 0 Å². The van der Waals surface area contributed by atoms with Gasteiger partial charge in [-0.05, 0) is 105 Å². The van der Waals surface area contributed by atoms with Crippen molar-refractivity contribution in [2.24, 2.45) is 0 Å². The lowest BCUT2D eigenvalue weighted by atomic mass is 9.84. The van der Waals surface area contributed by atoms with Crippen LogP contribution in [0, 0.1) is 0 Å². The van der Waals surface area contributed by atoms with Crippen molar-refractivity contribution in [1.82, 2.24) is 10.2 Å². The SMILES string of the molecule is c1ccc(-c2ccc3c(-c4ccc(-c5c6ccccc6c(-c6ccnnc6)c6ccccc56)cc4)c4ccccc4c(-c4ccccc4)c3c2)cc1. The summed E-state index contributed by atoms with van der Waals surface area (Å²) in [5, 5.41) is 18.1. The first kappa shape index (κ1) is 30.0. The molecule has 9 aromatic carbocycles. The summed E-state index contributed by atoms with van der Waals surface area (Å²) in [5.41, 5.74) is 12.1. The van der Waals surface area contributed by atoms with Gasteiger partial charge in [0.25, 0.3) is 0 Å². The van der Waals surface area contributed by atoms with Gasteiger partial charge in [0.2, 0.25) is 0 Å². The second-order valence-corrected chi connectivity index (χ2v) is 13.3. The van der Waals surface area contributed by atoms with Crippen molar-refractivity contribution >= 4 is 43.1 Å². The average molecular weight is 661 g/mol. The van der Waals surface area contributed by atoms with Crippen LogP contribution < -0.4 is 0 Å². The lowest BCUT2D eigenvalue weighted by Gasteiger charge is -2.20. The maximum Gasteiger partial charge on any atom is 0.0575 e. The molecule has 0 saturated heterocycles. The second-order valence-electron chi connectivity index (χ2n) is 13.3. The predicted octanol–water partition coefficient (Wildman–Crippen LogP) is 13.4. The number of benzene rings is 9. The van der Waals surface area contributed by atoms with Gasteiger partial charge in [-0.25, -0.2) is 0 Å². The van der Waals surface area contributed by atoms with Crippen LogP contribution in [0.5, 0.6) is 0 Å². The van der Waals surface area contributed by atoms with Gasteiger partial charge >= 0.3 is 0 Å². The zero-order chi connectivity index (χ0) is 34.4. The zero-order valence-electron chi connectivity index (χ0n) is 28.4. The van der Waals surface area contributed by atoms with E-state index < -0.39 is 0 Å². The summed E-state index contributed by atoms with van der Waals surface area (Å²) in [6.45, 7) is 0. The highest BCUT2D eigenvalue weighted by Gasteiger charge is 2.19. The van der Waals surface area contributed by atoms with E-state index >= 15 is 0 Å². The molecule has 10 rings (SSSR count). The molecule has 0 unspecified atom stereocenters. The number of hydrogen-bond acceptors (Lipinski definition) is 2. The zero-order valence-corrected chi connectivity index (χ0v) is 28.4. The Kier molecular flexibility index (Phi) is 7.18. The summed E-state index contributed by atoms with van der Waals surface area (Å²) < 4.78 is 0. The number of hydrogen-bond donors (Lipinski definition) is 0. The highest BCUT2D eigenvalue weighted by atomic mass is 15.1. The molecule has 0 spiro atoms. The van der Waals surface area contributed by atoms with E-state index in [1.807, 2.05) is 6.20 Å². The van der Waals surface area contributed by atoms with Crippen molar-refractivity contribution in [3.8, 4) is 55.6 Å². The first-order valence-corrected chi connectivity index (χ1v) is 17.7. The fourth-order valence-corrected chi connectivity index (χ4v) is 8.21. The molecule has 0 fully saturated rings. The Morgan fingerprint density at radius 2 is 0.596 bits per heavy atom. The van der Waals surface area contributed by atoms with E-state index in [0.29, 0.717) is 0 Å². The minimum absolute atomic E-state index is 1.07. The molecular weight excluding hydrogens is 629 g/mol. The highest BCUT2D eigenvalue weighted by Crippen LogP contribution is 2.47. The molecular formula is C50H32N2. The van der Waals surface area contributed by atoms with Crippen LogP contribution in [0.15, 0.2) is 194 Å². The van der Waals surface area contributed by atoms with Gasteiger partial charge in [0.15, 0.2) is 0 Å². The van der Waals surface area contributed by atoms with E-state index in [-0.39, 0.29) is 0 Å². The third-order valence-electron chi connectivity index (χ3n) is 10.5. The maximum absolute atomic E-state index is 4.23. The van der Waals surface area contributed by atoms with E-state index in [1.54, 1.807) is 6.20 Å². The molecule has 1 heterocycles. The molecule has 0 saturated carbocycles. The summed E-state index contributed by atoms with van der Waals surface area (Å²) in [4.78, 5) is 0. The Labute approximate surface area is 302 Å². The first-order valence-electron chi connectivity index (χ1n) is 17.7. The summed E-state index contributed by atoms with van der Waals surface area (Å²) in [6, 6.07) is 66.2. The monoisotopic (exact) mass is 660 g/mol. The molecule has 10 aromatic rings. The Morgan fingerprint density at radius 3 is 1.06 bits per heavy atom. The van der Waals surface area contributed by atoms with E-state index in [9.17, 15) is 0 Å². The van der Waals surface area contributed by atoms with Crippen molar-refractivity contribution in [1.29, 1.82) is 0 Å². The summed E-state index contributed by atoms with van der Waals surface area (Å²) in [5.74, 6) is 0. The van der Waals surface area contributed by atoms with E-state index in [1.165, 1.54) is 93.2 Å². The molecule has 0 aliphatic carbocycles. The normalized spacial score (nSPS) is 11.5. The Hall–Kier alpha value is -6.90. The summed E-state index contributed by atoms with van der Waals surface area (Å²) in [7, 11) is 0. The highest BCUT2D eigenvalue weighted by molar-refractivity contribution is 6.23. The second kappa shape index (κ2) is 12.5. The molecule has 0 amide bonds. The van der Waals surface area contributed by atoms with Gasteiger partial charge in [-0.3, -0.25) is 0 Å². The van der Waals surface area contributed by atoms with Crippen LogP contribution in [0.4, 0.5) is 0 Å². The van der Waals surface area contributed by atoms with Crippen LogP contribution in [0.3, 0.4) is 0 Å². The molecule has 0 radical (unpaired) electrons. The molecule has 0 bridgehead atoms. The topological polar surface area (TPSA) is 25.8 Å². The number of aromatic nitrogens is 2. The van der Waals surface area contributed by atoms with Crippen LogP contribution in [0.2, 0.25) is 0 Å². The fraction of sp³-hybridized carbons (Fsp3) is 0. The number of fused-ring (bicyclic) bond motifs is 4. The molecule has 2 heteroatoms. The van der Waals surface area contributed by atoms with Gasteiger partial charge in [-0.2, -0.15) is 10.2 Å². The van der Waals surface area contributed by atoms with Gasteiger partial charge in [0, 0.05) is 5.56 Å². The molecule has 242 valence electrons. The quantitative estimate of drug-likeness (QED) is 0.172. The van der Waals surface area contributed by atoms with Crippen molar-refractivity contribution < 1.29 is 0 Å². The predicted molar refractivity (Wildman–Crippen MR) is 219 cm³/mol. The minimum Gasteiger partial charge on any atom is -0.159 e. The molecule has 0 aliphatic rings. The van der Waals surface area contributed by atoms with Crippen molar-refractivity contribution in [2.45, 2.75) is 0 Å². The van der Waals surface area contributed by atoms with Crippen LogP contribution in [-0.4, -0.2) is 10.2 Å².